The molecule has 0 aliphatic carbocycles. The molecule has 0 heterocycles. The van der Waals surface area contributed by atoms with Crippen molar-refractivity contribution in [3.63, 3.8) is 0 Å². The highest BCUT2D eigenvalue weighted by Crippen LogP contribution is 2.14. The topological polar surface area (TPSA) is 58.4 Å². The lowest BCUT2D eigenvalue weighted by molar-refractivity contribution is -0.121. The van der Waals surface area contributed by atoms with Crippen molar-refractivity contribution in [1.82, 2.24) is 5.32 Å². The van der Waals surface area contributed by atoms with E-state index in [1.54, 1.807) is 0 Å². The molecule has 0 spiro atoms. The zero-order chi connectivity index (χ0) is 12.8. The van der Waals surface area contributed by atoms with Crippen molar-refractivity contribution in [2.45, 2.75) is 26.3 Å². The highest BCUT2D eigenvalue weighted by Gasteiger charge is 2.06. The molecule has 1 amide bonds. The van der Waals surface area contributed by atoms with Crippen LogP contribution in [0, 0.1) is 0 Å². The van der Waals surface area contributed by atoms with Crippen LogP contribution in [0.3, 0.4) is 0 Å². The van der Waals surface area contributed by atoms with Gasteiger partial charge >= 0.3 is 0 Å². The van der Waals surface area contributed by atoms with Gasteiger partial charge in [-0.25, -0.2) is 0 Å². The molecule has 0 unspecified atom stereocenters. The second kappa shape index (κ2) is 6.13. The van der Waals surface area contributed by atoms with Crippen LogP contribution >= 0.6 is 0 Å². The summed E-state index contributed by atoms with van der Waals surface area (Å²) in [5.41, 5.74) is 7.44. The lowest BCUT2D eigenvalue weighted by Crippen LogP contribution is -2.33. The van der Waals surface area contributed by atoms with Crippen molar-refractivity contribution in [2.75, 3.05) is 24.2 Å². The average molecular weight is 235 g/mol. The smallest absolute Gasteiger partial charge is 0.221 e. The van der Waals surface area contributed by atoms with Gasteiger partial charge in [0.05, 0.1) is 0 Å². The standard InChI is InChI=1S/C13H21N3O/c1-10(2)15-13(17)8-9-16(3)12-6-4-11(14)5-7-12/h4-7,10H,8-9,14H2,1-3H3,(H,15,17). The van der Waals surface area contributed by atoms with E-state index >= 15 is 0 Å². The van der Waals surface area contributed by atoms with E-state index in [4.69, 9.17) is 5.73 Å². The molecule has 1 rings (SSSR count). The summed E-state index contributed by atoms with van der Waals surface area (Å²) in [6, 6.07) is 7.83. The van der Waals surface area contributed by atoms with Crippen molar-refractivity contribution in [1.29, 1.82) is 0 Å². The van der Waals surface area contributed by atoms with Crippen LogP contribution in [0.5, 0.6) is 0 Å². The molecule has 3 N–H and O–H groups in total. The number of hydrogen-bond donors (Lipinski definition) is 2. The summed E-state index contributed by atoms with van der Waals surface area (Å²) in [5.74, 6) is 0.0855. The first-order valence-electron chi connectivity index (χ1n) is 5.85. The van der Waals surface area contributed by atoms with E-state index < -0.39 is 0 Å². The fourth-order valence-electron chi connectivity index (χ4n) is 1.52. The van der Waals surface area contributed by atoms with E-state index in [-0.39, 0.29) is 11.9 Å². The molecule has 4 heteroatoms. The average Bonchev–Trinajstić information content (AvgIpc) is 2.26. The number of carbonyl (C=O) groups is 1. The third-order valence-corrected chi connectivity index (χ3v) is 2.46. The van der Waals surface area contributed by atoms with E-state index in [1.165, 1.54) is 0 Å². The number of nitrogens with two attached hydrogens (primary N) is 1. The molecule has 94 valence electrons. The zero-order valence-electron chi connectivity index (χ0n) is 10.7. The quantitative estimate of drug-likeness (QED) is 0.762. The Morgan fingerprint density at radius 1 is 1.35 bits per heavy atom. The van der Waals surface area contributed by atoms with Gasteiger partial charge in [0.2, 0.25) is 5.91 Å². The monoisotopic (exact) mass is 235 g/mol. The summed E-state index contributed by atoms with van der Waals surface area (Å²) in [6.07, 6.45) is 0.499. The van der Waals surface area contributed by atoms with Crippen LogP contribution in [-0.4, -0.2) is 25.5 Å². The van der Waals surface area contributed by atoms with Gasteiger partial charge in [-0.3, -0.25) is 4.79 Å². The van der Waals surface area contributed by atoms with Crippen molar-refractivity contribution in [3.05, 3.63) is 24.3 Å². The Morgan fingerprint density at radius 3 is 2.47 bits per heavy atom. The SMILES string of the molecule is CC(C)NC(=O)CCN(C)c1ccc(N)cc1. The van der Waals surface area contributed by atoms with Gasteiger partial charge in [0, 0.05) is 37.4 Å². The van der Waals surface area contributed by atoms with Crippen molar-refractivity contribution >= 4 is 17.3 Å². The molecule has 1 aromatic carbocycles. The van der Waals surface area contributed by atoms with Gasteiger partial charge in [-0.15, -0.1) is 0 Å². The first-order chi connectivity index (χ1) is 7.99. The number of nitrogens with one attached hydrogen (secondary N) is 1. The summed E-state index contributed by atoms with van der Waals surface area (Å²) in [7, 11) is 1.97. The minimum atomic E-state index is 0.0855. The molecular formula is C13H21N3O. The Morgan fingerprint density at radius 2 is 1.94 bits per heavy atom. The van der Waals surface area contributed by atoms with Gasteiger partial charge < -0.3 is 16.0 Å². The number of anilines is 2. The summed E-state index contributed by atoms with van der Waals surface area (Å²) < 4.78 is 0. The number of nitrogens with zero attached hydrogens (tertiary/aromatic N) is 1. The summed E-state index contributed by atoms with van der Waals surface area (Å²) in [6.45, 7) is 4.62. The van der Waals surface area contributed by atoms with Crippen molar-refractivity contribution < 1.29 is 4.79 Å². The lowest BCUT2D eigenvalue weighted by atomic mass is 10.2. The van der Waals surface area contributed by atoms with Crippen LogP contribution in [0.15, 0.2) is 24.3 Å². The maximum absolute atomic E-state index is 11.5. The highest BCUT2D eigenvalue weighted by molar-refractivity contribution is 5.76. The number of nitrogen functional groups attached to an aromatic ring is 1. The summed E-state index contributed by atoms with van der Waals surface area (Å²) in [5, 5.41) is 2.87. The van der Waals surface area contributed by atoms with Crippen molar-refractivity contribution in [2.24, 2.45) is 0 Å². The molecule has 0 aliphatic heterocycles. The van der Waals surface area contributed by atoms with Crippen LogP contribution in [0.2, 0.25) is 0 Å². The molecule has 0 aromatic heterocycles. The first-order valence-corrected chi connectivity index (χ1v) is 5.85. The zero-order valence-corrected chi connectivity index (χ0v) is 10.7. The maximum Gasteiger partial charge on any atom is 0.221 e. The largest absolute Gasteiger partial charge is 0.399 e. The number of carbonyl (C=O) groups excluding carboxylic acids is 1. The summed E-state index contributed by atoms with van der Waals surface area (Å²) in [4.78, 5) is 13.5. The minimum Gasteiger partial charge on any atom is -0.399 e. The van der Waals surface area contributed by atoms with Crippen LogP contribution < -0.4 is 16.0 Å². The molecular weight excluding hydrogens is 214 g/mol. The molecule has 1 aromatic rings. The lowest BCUT2D eigenvalue weighted by Gasteiger charge is -2.19. The number of rotatable bonds is 5. The second-order valence-electron chi connectivity index (χ2n) is 4.49. The maximum atomic E-state index is 11.5. The van der Waals surface area contributed by atoms with E-state index in [0.717, 1.165) is 11.4 Å². The predicted octanol–water partition coefficient (Wildman–Crippen LogP) is 1.62. The van der Waals surface area contributed by atoms with Crippen LogP contribution in [0.1, 0.15) is 20.3 Å². The van der Waals surface area contributed by atoms with Crippen LogP contribution in [-0.2, 0) is 4.79 Å². The number of amides is 1. The Kier molecular flexibility index (Phi) is 4.82. The van der Waals surface area contributed by atoms with E-state index in [2.05, 4.69) is 5.32 Å². The Labute approximate surface area is 103 Å². The molecule has 0 atom stereocenters. The molecule has 4 nitrogen and oxygen atoms in total. The third-order valence-electron chi connectivity index (χ3n) is 2.46. The molecule has 0 radical (unpaired) electrons. The Bertz CT molecular complexity index is 359. The van der Waals surface area contributed by atoms with Gasteiger partial charge in [-0.2, -0.15) is 0 Å². The van der Waals surface area contributed by atoms with Gasteiger partial charge in [0.15, 0.2) is 0 Å². The normalized spacial score (nSPS) is 10.4. The molecule has 0 saturated heterocycles. The molecule has 0 saturated carbocycles. The van der Waals surface area contributed by atoms with Crippen molar-refractivity contribution in [3.8, 4) is 0 Å². The molecule has 0 bridgehead atoms. The van der Waals surface area contributed by atoms with E-state index in [1.807, 2.05) is 50.1 Å². The Balaban J connectivity index is 2.42. The van der Waals surface area contributed by atoms with E-state index in [0.29, 0.717) is 13.0 Å². The van der Waals surface area contributed by atoms with Gasteiger partial charge in [-0.1, -0.05) is 0 Å². The first kappa shape index (κ1) is 13.4. The number of benzene rings is 1. The molecule has 0 aliphatic rings. The fourth-order valence-corrected chi connectivity index (χ4v) is 1.52. The third kappa shape index (κ3) is 4.76. The summed E-state index contributed by atoms with van der Waals surface area (Å²) >= 11 is 0. The second-order valence-corrected chi connectivity index (χ2v) is 4.49. The molecule has 0 fully saturated rings. The van der Waals surface area contributed by atoms with Gasteiger partial charge in [0.1, 0.15) is 0 Å². The van der Waals surface area contributed by atoms with Crippen LogP contribution in [0.25, 0.3) is 0 Å². The minimum absolute atomic E-state index is 0.0855. The van der Waals surface area contributed by atoms with Gasteiger partial charge in [-0.05, 0) is 38.1 Å². The van der Waals surface area contributed by atoms with Crippen LogP contribution in [0.4, 0.5) is 11.4 Å². The fraction of sp³-hybridized carbons (Fsp3) is 0.462. The molecule has 17 heavy (non-hydrogen) atoms. The Hall–Kier alpha value is -1.71. The van der Waals surface area contributed by atoms with E-state index in [9.17, 15) is 4.79 Å². The van der Waals surface area contributed by atoms with Gasteiger partial charge in [0.25, 0.3) is 0 Å². The number of hydrogen-bond acceptors (Lipinski definition) is 3. The predicted molar refractivity (Wildman–Crippen MR) is 72.0 cm³/mol. The highest BCUT2D eigenvalue weighted by atomic mass is 16.1.